The molecule has 1 saturated heterocycles. The van der Waals surface area contributed by atoms with Crippen molar-refractivity contribution >= 4 is 29.2 Å². The van der Waals surface area contributed by atoms with E-state index in [4.69, 9.17) is 23.8 Å². The van der Waals surface area contributed by atoms with Gasteiger partial charge in [0.15, 0.2) is 11.5 Å². The number of rotatable bonds is 6. The summed E-state index contributed by atoms with van der Waals surface area (Å²) in [5, 5.41) is 44.9. The summed E-state index contributed by atoms with van der Waals surface area (Å²) in [6.07, 6.45) is 4.82. The van der Waals surface area contributed by atoms with E-state index in [2.05, 4.69) is 34.5 Å². The molecular formula is C45H62N4O12. The minimum Gasteiger partial charge on any atom is -0.507 e. The Hall–Kier alpha value is -4.87. The van der Waals surface area contributed by atoms with Crippen LogP contribution in [0.4, 0.5) is 0 Å². The molecule has 11 atom stereocenters. The summed E-state index contributed by atoms with van der Waals surface area (Å²) < 4.78 is 24.4. The van der Waals surface area contributed by atoms with Crippen molar-refractivity contribution in [3.63, 3.8) is 0 Å². The van der Waals surface area contributed by atoms with Gasteiger partial charge in [-0.1, -0.05) is 51.1 Å². The van der Waals surface area contributed by atoms with Crippen molar-refractivity contribution in [1.82, 2.24) is 15.5 Å². The van der Waals surface area contributed by atoms with Crippen molar-refractivity contribution in [2.24, 2.45) is 28.8 Å². The van der Waals surface area contributed by atoms with E-state index >= 15 is 0 Å². The molecule has 0 saturated carbocycles. The summed E-state index contributed by atoms with van der Waals surface area (Å²) in [5.41, 5.74) is -0.496. The summed E-state index contributed by atoms with van der Waals surface area (Å²) >= 11 is 0. The number of aromatic hydroxyl groups is 1. The Morgan fingerprint density at radius 3 is 2.28 bits per heavy atom. The van der Waals surface area contributed by atoms with Crippen molar-refractivity contribution in [3.8, 4) is 11.5 Å². The summed E-state index contributed by atoms with van der Waals surface area (Å²) in [6.45, 7) is 19.4. The minimum atomic E-state index is -1.80. The first-order valence-electron chi connectivity index (χ1n) is 20.9. The second-order valence-electron chi connectivity index (χ2n) is 17.1. The molecule has 16 nitrogen and oxygen atoms in total. The molecule has 1 aromatic carbocycles. The Morgan fingerprint density at radius 2 is 1.64 bits per heavy atom. The number of piperazine rings is 1. The van der Waals surface area contributed by atoms with Crippen molar-refractivity contribution < 1.29 is 58.3 Å². The number of carbonyl (C=O) groups is 4. The molecule has 1 aromatic rings. The van der Waals surface area contributed by atoms with Gasteiger partial charge in [0.05, 0.1) is 47.0 Å². The van der Waals surface area contributed by atoms with E-state index in [-0.39, 0.29) is 63.7 Å². The Balaban J connectivity index is 1.62. The molecule has 6 rings (SSSR count). The first-order chi connectivity index (χ1) is 28.7. The Labute approximate surface area is 357 Å². The zero-order chi connectivity index (χ0) is 45.1. The third kappa shape index (κ3) is 10.1. The number of Topliss-reactive ketones (excluding diaryl/α,β-unsaturated/α-hetero) is 1. The van der Waals surface area contributed by atoms with E-state index in [0.717, 1.165) is 19.2 Å². The highest BCUT2D eigenvalue weighted by atomic mass is 16.7. The van der Waals surface area contributed by atoms with Crippen LogP contribution < -0.4 is 15.4 Å². The Kier molecular flexibility index (Phi) is 15.0. The predicted molar refractivity (Wildman–Crippen MR) is 226 cm³/mol. The van der Waals surface area contributed by atoms with Gasteiger partial charge >= 0.3 is 5.97 Å². The number of nitrogens with one attached hydrogen (secondary N) is 2. The van der Waals surface area contributed by atoms with Crippen LogP contribution >= 0.6 is 0 Å². The average Bonchev–Trinajstić information content (AvgIpc) is 3.49. The minimum absolute atomic E-state index is 0.00827. The molecule has 0 aromatic heterocycles. The third-order valence-electron chi connectivity index (χ3n) is 12.1. The number of oxime groups is 1. The van der Waals surface area contributed by atoms with Crippen LogP contribution in [-0.2, 0) is 28.6 Å². The van der Waals surface area contributed by atoms with Gasteiger partial charge in [-0.15, -0.1) is 0 Å². The number of amides is 1. The molecule has 2 unspecified atom stereocenters. The number of methoxy groups -OCH3 is 1. The first kappa shape index (κ1) is 47.2. The van der Waals surface area contributed by atoms with Gasteiger partial charge in [0, 0.05) is 93.6 Å². The smallest absolute Gasteiger partial charge is 0.302 e. The van der Waals surface area contributed by atoms with Gasteiger partial charge in [0.25, 0.3) is 11.7 Å². The van der Waals surface area contributed by atoms with Gasteiger partial charge in [-0.2, -0.15) is 0 Å². The number of carbonyl (C=O) groups excluding carboxylic acids is 4. The molecule has 5 N–H and O–H groups in total. The highest BCUT2D eigenvalue weighted by Crippen LogP contribution is 2.48. The van der Waals surface area contributed by atoms with Gasteiger partial charge in [-0.3, -0.25) is 24.1 Å². The number of nitrogens with zero attached hydrogens (tertiary/aromatic N) is 2. The van der Waals surface area contributed by atoms with Gasteiger partial charge in [0.2, 0.25) is 5.78 Å². The van der Waals surface area contributed by atoms with Crippen LogP contribution in [0.3, 0.4) is 0 Å². The number of fused-ring (bicyclic) bond motifs is 14. The summed E-state index contributed by atoms with van der Waals surface area (Å²) in [7, 11) is 1.47. The standard InChI is InChI=1S/C45H62N4O12/c1-22-13-12-14-23(2)44(56)47-31-19-32(51)34-35(40(31)55)39(54)29(8)42-36(34)43(48-59-18-16-49-20-24(3)46-25(4)21-49)45(10,61-42)58-17-15-33(57-11)26(5)41(60-30(9)50)28(7)38(53)27(6)37(22)52/h12-15,17,19,22,24-28,33,37-38,41,46,52-54H,16,18,20-21H2,1-11H3,(H,47,56)/b13-12+,17-15+,23-14-,48-43+/t22-,24?,25?,26+,27+,28+,33-,37-,38+,41+,45-/m0/s1. The Morgan fingerprint density at radius 1 is 0.967 bits per heavy atom. The van der Waals surface area contributed by atoms with Crippen LogP contribution in [0.1, 0.15) is 94.2 Å². The zero-order valence-electron chi connectivity index (χ0n) is 37.0. The number of ether oxygens (including phenoxy) is 4. The lowest BCUT2D eigenvalue weighted by atomic mass is 9.78. The van der Waals surface area contributed by atoms with Crippen LogP contribution in [0.2, 0.25) is 0 Å². The van der Waals surface area contributed by atoms with E-state index in [9.17, 15) is 34.5 Å². The lowest BCUT2D eigenvalue weighted by Gasteiger charge is -2.38. The fourth-order valence-electron chi connectivity index (χ4n) is 8.66. The number of esters is 1. The maximum atomic E-state index is 14.1. The monoisotopic (exact) mass is 850 g/mol. The molecule has 0 radical (unpaired) electrons. The molecule has 334 valence electrons. The lowest BCUT2D eigenvalue weighted by molar-refractivity contribution is -0.160. The van der Waals surface area contributed by atoms with Crippen LogP contribution in [0, 0.1) is 30.6 Å². The van der Waals surface area contributed by atoms with E-state index < -0.39 is 83.1 Å². The van der Waals surface area contributed by atoms with E-state index in [1.165, 1.54) is 40.2 Å². The summed E-state index contributed by atoms with van der Waals surface area (Å²) in [4.78, 5) is 62.2. The summed E-state index contributed by atoms with van der Waals surface area (Å²) in [5.74, 6) is -7.45. The van der Waals surface area contributed by atoms with E-state index in [1.807, 2.05) is 0 Å². The number of hydrogen-bond donors (Lipinski definition) is 5. The molecule has 5 aliphatic rings. The highest BCUT2D eigenvalue weighted by molar-refractivity contribution is 6.31. The number of benzene rings is 1. The molecule has 0 spiro atoms. The number of phenolic OH excluding ortho intramolecular Hbond substituents is 1. The SMILES string of the molecule is CO[C@H]1/C=C/O[C@@]2(C)Oc3c(C)c(O)c4c(c3/C2=N\OCCN2CC(C)NC(C)C2)C(=O)C=C(NC(=O)/C(C)=C\C=C\[C@H](C)[C@H](O)[C@@H](C)[C@@H](O)[C@@H](C)[C@H](OC(C)=O)[C@@H]1C)C4=O. The van der Waals surface area contributed by atoms with Crippen LogP contribution in [0.25, 0.3) is 0 Å². The number of allylic oxidation sites excluding steroid dienone is 4. The molecular weight excluding hydrogens is 789 g/mol. The number of ketones is 2. The largest absolute Gasteiger partial charge is 0.507 e. The maximum absolute atomic E-state index is 14.1. The van der Waals surface area contributed by atoms with Crippen LogP contribution in [0.5, 0.6) is 11.5 Å². The quantitative estimate of drug-likeness (QED) is 0.156. The molecule has 1 aliphatic carbocycles. The molecule has 5 bridgehead atoms. The van der Waals surface area contributed by atoms with Crippen LogP contribution in [0.15, 0.2) is 53.1 Å². The van der Waals surface area contributed by atoms with E-state index in [1.54, 1.807) is 52.8 Å². The van der Waals surface area contributed by atoms with Gasteiger partial charge in [-0.25, -0.2) is 0 Å². The first-order valence-corrected chi connectivity index (χ1v) is 20.9. The number of aliphatic hydroxyl groups excluding tert-OH is 2. The molecule has 16 heteroatoms. The Bertz CT molecular complexity index is 2010. The molecule has 1 fully saturated rings. The van der Waals surface area contributed by atoms with Crippen molar-refractivity contribution in [2.45, 2.75) is 112 Å². The molecule has 4 heterocycles. The molecule has 4 aliphatic heterocycles. The molecule has 1 amide bonds. The van der Waals surface area contributed by atoms with Crippen molar-refractivity contribution in [2.75, 3.05) is 33.4 Å². The predicted octanol–water partition coefficient (Wildman–Crippen LogP) is 3.85. The number of hydrogen-bond acceptors (Lipinski definition) is 15. The number of phenols is 1. The fourth-order valence-corrected chi connectivity index (χ4v) is 8.66. The highest BCUT2D eigenvalue weighted by Gasteiger charge is 2.51. The molecule has 61 heavy (non-hydrogen) atoms. The zero-order valence-corrected chi connectivity index (χ0v) is 37.0. The topological polar surface area (TPSA) is 215 Å². The second-order valence-corrected chi connectivity index (χ2v) is 17.1. The van der Waals surface area contributed by atoms with E-state index in [0.29, 0.717) is 6.54 Å². The normalized spacial score (nSPS) is 35.3. The average molecular weight is 851 g/mol. The van der Waals surface area contributed by atoms with Crippen molar-refractivity contribution in [3.05, 3.63) is 70.2 Å². The maximum Gasteiger partial charge on any atom is 0.302 e. The fraction of sp³-hybridized carbons (Fsp3) is 0.578. The summed E-state index contributed by atoms with van der Waals surface area (Å²) in [6, 6.07) is 0.558. The lowest BCUT2D eigenvalue weighted by Crippen LogP contribution is -2.54. The number of aliphatic hydroxyl groups is 2. The third-order valence-corrected chi connectivity index (χ3v) is 12.1. The van der Waals surface area contributed by atoms with Gasteiger partial charge in [0.1, 0.15) is 24.2 Å². The van der Waals surface area contributed by atoms with Gasteiger partial charge < -0.3 is 49.7 Å². The second kappa shape index (κ2) is 19.5. The van der Waals surface area contributed by atoms with Crippen LogP contribution in [-0.4, -0.2) is 125 Å². The van der Waals surface area contributed by atoms with Crippen molar-refractivity contribution in [1.29, 1.82) is 0 Å². The van der Waals surface area contributed by atoms with Gasteiger partial charge in [-0.05, 0) is 33.8 Å².